The predicted molar refractivity (Wildman–Crippen MR) is 85.0 cm³/mol. The largest absolute Gasteiger partial charge is 0.478 e. The Morgan fingerprint density at radius 2 is 2.09 bits per heavy atom. The first-order chi connectivity index (χ1) is 11.1. The number of nitrogens with one attached hydrogen (secondary N) is 2. The summed E-state index contributed by atoms with van der Waals surface area (Å²) in [5.74, 6) is -1.11. The number of carboxylic acid groups (broad SMARTS) is 1. The average molecular weight is 309 g/mol. The van der Waals surface area contributed by atoms with E-state index in [0.29, 0.717) is 6.54 Å². The number of aromatic amines is 1. The van der Waals surface area contributed by atoms with Crippen molar-refractivity contribution >= 4 is 22.9 Å². The van der Waals surface area contributed by atoms with Gasteiger partial charge in [-0.25, -0.2) is 9.78 Å². The molecule has 0 aliphatic rings. The van der Waals surface area contributed by atoms with Gasteiger partial charge in [-0.05, 0) is 35.4 Å². The van der Waals surface area contributed by atoms with E-state index in [2.05, 4.69) is 15.3 Å². The van der Waals surface area contributed by atoms with Crippen LogP contribution in [0.25, 0.3) is 11.0 Å². The standard InChI is InChI=1S/C17H15N3O3/c21-15(8-13-10-20-16-14(13)5-2-6-18-16)19-9-11-3-1-4-12(7-11)17(22)23/h1-7,10H,8-9H2,(H,18,20)(H,19,21)(H,22,23). The van der Waals surface area contributed by atoms with E-state index < -0.39 is 5.97 Å². The maximum absolute atomic E-state index is 12.1. The first-order valence-electron chi connectivity index (χ1n) is 7.13. The van der Waals surface area contributed by atoms with Crippen LogP contribution in [0.2, 0.25) is 0 Å². The second-order valence-corrected chi connectivity index (χ2v) is 5.17. The second kappa shape index (κ2) is 6.31. The number of hydrogen-bond donors (Lipinski definition) is 3. The minimum absolute atomic E-state index is 0.129. The van der Waals surface area contributed by atoms with Gasteiger partial charge in [0.1, 0.15) is 5.65 Å². The maximum Gasteiger partial charge on any atom is 0.335 e. The molecule has 1 amide bonds. The summed E-state index contributed by atoms with van der Waals surface area (Å²) in [5, 5.41) is 12.7. The Labute approximate surface area is 132 Å². The lowest BCUT2D eigenvalue weighted by Gasteiger charge is -2.06. The van der Waals surface area contributed by atoms with E-state index in [1.807, 2.05) is 12.1 Å². The smallest absolute Gasteiger partial charge is 0.335 e. The molecule has 23 heavy (non-hydrogen) atoms. The van der Waals surface area contributed by atoms with Crippen molar-refractivity contribution in [3.05, 3.63) is 65.5 Å². The number of benzene rings is 1. The predicted octanol–water partition coefficient (Wildman–Crippen LogP) is 2.12. The van der Waals surface area contributed by atoms with Gasteiger partial charge in [-0.15, -0.1) is 0 Å². The number of rotatable bonds is 5. The minimum atomic E-state index is -0.982. The van der Waals surface area contributed by atoms with E-state index in [9.17, 15) is 9.59 Å². The minimum Gasteiger partial charge on any atom is -0.478 e. The molecule has 2 heterocycles. The third-order valence-electron chi connectivity index (χ3n) is 3.55. The topological polar surface area (TPSA) is 95.1 Å². The van der Waals surface area contributed by atoms with Gasteiger partial charge >= 0.3 is 5.97 Å². The van der Waals surface area contributed by atoms with Gasteiger partial charge < -0.3 is 15.4 Å². The van der Waals surface area contributed by atoms with Crippen molar-refractivity contribution in [3.63, 3.8) is 0 Å². The molecule has 0 aliphatic carbocycles. The SMILES string of the molecule is O=C(Cc1c[nH]c2ncccc12)NCc1cccc(C(=O)O)c1. The van der Waals surface area contributed by atoms with Crippen LogP contribution >= 0.6 is 0 Å². The number of aromatic nitrogens is 2. The number of fused-ring (bicyclic) bond motifs is 1. The lowest BCUT2D eigenvalue weighted by atomic mass is 10.1. The molecular formula is C17H15N3O3. The molecule has 1 aromatic carbocycles. The molecule has 6 nitrogen and oxygen atoms in total. The Hall–Kier alpha value is -3.15. The zero-order valence-electron chi connectivity index (χ0n) is 12.2. The van der Waals surface area contributed by atoms with E-state index in [-0.39, 0.29) is 17.9 Å². The molecule has 0 bridgehead atoms. The number of hydrogen-bond acceptors (Lipinski definition) is 3. The number of carbonyl (C=O) groups is 2. The third kappa shape index (κ3) is 3.37. The molecule has 3 rings (SSSR count). The fourth-order valence-corrected chi connectivity index (χ4v) is 2.41. The van der Waals surface area contributed by atoms with E-state index in [0.717, 1.165) is 22.2 Å². The number of carbonyl (C=O) groups excluding carboxylic acids is 1. The number of carboxylic acids is 1. The van der Waals surface area contributed by atoms with Gasteiger partial charge in [0.2, 0.25) is 5.91 Å². The highest BCUT2D eigenvalue weighted by molar-refractivity contribution is 5.88. The van der Waals surface area contributed by atoms with Crippen molar-refractivity contribution in [2.75, 3.05) is 0 Å². The first kappa shape index (κ1) is 14.8. The average Bonchev–Trinajstić information content (AvgIpc) is 2.96. The molecule has 0 aliphatic heterocycles. The Kier molecular flexibility index (Phi) is 4.05. The normalized spacial score (nSPS) is 10.6. The van der Waals surface area contributed by atoms with Crippen LogP contribution in [0.15, 0.2) is 48.8 Å². The summed E-state index contributed by atoms with van der Waals surface area (Å²) in [6.07, 6.45) is 3.71. The van der Waals surface area contributed by atoms with Crippen molar-refractivity contribution in [2.45, 2.75) is 13.0 Å². The highest BCUT2D eigenvalue weighted by Gasteiger charge is 2.09. The van der Waals surface area contributed by atoms with Crippen molar-refractivity contribution in [3.8, 4) is 0 Å². The van der Waals surface area contributed by atoms with Gasteiger partial charge in [-0.1, -0.05) is 12.1 Å². The first-order valence-corrected chi connectivity index (χ1v) is 7.13. The summed E-state index contributed by atoms with van der Waals surface area (Å²) in [7, 11) is 0. The molecular weight excluding hydrogens is 294 g/mol. The van der Waals surface area contributed by atoms with Gasteiger partial charge in [0.15, 0.2) is 0 Å². The quantitative estimate of drug-likeness (QED) is 0.673. The Bertz CT molecular complexity index is 870. The fraction of sp³-hybridized carbons (Fsp3) is 0.118. The molecule has 0 radical (unpaired) electrons. The molecule has 2 aromatic heterocycles. The Morgan fingerprint density at radius 3 is 2.91 bits per heavy atom. The molecule has 0 spiro atoms. The van der Waals surface area contributed by atoms with Crippen LogP contribution in [0.1, 0.15) is 21.5 Å². The van der Waals surface area contributed by atoms with E-state index >= 15 is 0 Å². The Morgan fingerprint density at radius 1 is 1.22 bits per heavy atom. The van der Waals surface area contributed by atoms with E-state index in [1.54, 1.807) is 30.6 Å². The van der Waals surface area contributed by atoms with Gasteiger partial charge in [-0.2, -0.15) is 0 Å². The van der Waals surface area contributed by atoms with Gasteiger partial charge in [0.05, 0.1) is 12.0 Å². The highest BCUT2D eigenvalue weighted by atomic mass is 16.4. The Balaban J connectivity index is 1.64. The molecule has 0 atom stereocenters. The zero-order chi connectivity index (χ0) is 16.2. The van der Waals surface area contributed by atoms with Crippen LogP contribution in [0, 0.1) is 0 Å². The molecule has 0 saturated carbocycles. The van der Waals surface area contributed by atoms with Crippen LogP contribution in [-0.4, -0.2) is 27.0 Å². The number of pyridine rings is 1. The number of aromatic carboxylic acids is 1. The summed E-state index contributed by atoms with van der Waals surface area (Å²) in [5.41, 5.74) is 2.59. The lowest BCUT2D eigenvalue weighted by molar-refractivity contribution is -0.120. The fourth-order valence-electron chi connectivity index (χ4n) is 2.41. The van der Waals surface area contributed by atoms with E-state index in [1.165, 1.54) is 6.07 Å². The molecule has 3 aromatic rings. The summed E-state index contributed by atoms with van der Waals surface area (Å²) >= 11 is 0. The van der Waals surface area contributed by atoms with Crippen LogP contribution in [0.5, 0.6) is 0 Å². The van der Waals surface area contributed by atoms with Crippen LogP contribution in [0.4, 0.5) is 0 Å². The monoisotopic (exact) mass is 309 g/mol. The number of H-pyrrole nitrogens is 1. The van der Waals surface area contributed by atoms with Crippen LogP contribution < -0.4 is 5.32 Å². The van der Waals surface area contributed by atoms with Crippen molar-refractivity contribution in [2.24, 2.45) is 0 Å². The maximum atomic E-state index is 12.1. The highest BCUT2D eigenvalue weighted by Crippen LogP contribution is 2.16. The molecule has 3 N–H and O–H groups in total. The van der Waals surface area contributed by atoms with Gasteiger partial charge in [0.25, 0.3) is 0 Å². The second-order valence-electron chi connectivity index (χ2n) is 5.17. The van der Waals surface area contributed by atoms with Gasteiger partial charge in [-0.3, -0.25) is 4.79 Å². The lowest BCUT2D eigenvalue weighted by Crippen LogP contribution is -2.24. The summed E-state index contributed by atoms with van der Waals surface area (Å²) in [6.45, 7) is 0.292. The summed E-state index contributed by atoms with van der Waals surface area (Å²) in [6, 6.07) is 10.3. The molecule has 6 heteroatoms. The molecule has 0 saturated heterocycles. The van der Waals surface area contributed by atoms with Crippen LogP contribution in [0.3, 0.4) is 0 Å². The van der Waals surface area contributed by atoms with Crippen LogP contribution in [-0.2, 0) is 17.8 Å². The molecule has 116 valence electrons. The third-order valence-corrected chi connectivity index (χ3v) is 3.55. The molecule has 0 fully saturated rings. The summed E-state index contributed by atoms with van der Waals surface area (Å²) < 4.78 is 0. The van der Waals surface area contributed by atoms with Crippen molar-refractivity contribution in [1.82, 2.24) is 15.3 Å². The van der Waals surface area contributed by atoms with E-state index in [4.69, 9.17) is 5.11 Å². The van der Waals surface area contributed by atoms with Gasteiger partial charge in [0, 0.05) is 24.3 Å². The zero-order valence-corrected chi connectivity index (χ0v) is 12.2. The summed E-state index contributed by atoms with van der Waals surface area (Å²) in [4.78, 5) is 30.2. The molecule has 0 unspecified atom stereocenters. The number of amides is 1. The van der Waals surface area contributed by atoms with Crippen molar-refractivity contribution < 1.29 is 14.7 Å². The number of nitrogens with zero attached hydrogens (tertiary/aromatic N) is 1. The van der Waals surface area contributed by atoms with Crippen molar-refractivity contribution in [1.29, 1.82) is 0 Å².